The minimum absolute atomic E-state index is 0.303. The van der Waals surface area contributed by atoms with Gasteiger partial charge in [0.05, 0.1) is 6.54 Å². The molecule has 0 saturated carbocycles. The number of carbonyl (C=O) groups is 2. The van der Waals surface area contributed by atoms with Gasteiger partial charge in [-0.25, -0.2) is 17.6 Å². The molecular weight excluding hydrogens is 388 g/mol. The molecule has 5 nitrogen and oxygen atoms in total. The lowest BCUT2D eigenvalue weighted by molar-refractivity contribution is -0.145. The number of benzene rings is 1. The van der Waals surface area contributed by atoms with E-state index < -0.39 is 50.7 Å². The first kappa shape index (κ1) is 19.2. The third kappa shape index (κ3) is 4.34. The van der Waals surface area contributed by atoms with E-state index in [1.165, 1.54) is 13.8 Å². The van der Waals surface area contributed by atoms with Crippen molar-refractivity contribution in [1.29, 1.82) is 0 Å². The number of nitrogens with two attached hydrogens (primary N) is 1. The normalized spacial score (nSPS) is 11.3. The van der Waals surface area contributed by atoms with Gasteiger partial charge in [0.1, 0.15) is 22.2 Å². The van der Waals surface area contributed by atoms with Gasteiger partial charge in [-0.15, -0.1) is 0 Å². The van der Waals surface area contributed by atoms with Crippen LogP contribution in [0.3, 0.4) is 0 Å². The molecule has 10 heteroatoms. The van der Waals surface area contributed by atoms with Gasteiger partial charge in [0.15, 0.2) is 23.3 Å². The number of rotatable bonds is 5. The highest BCUT2D eigenvalue weighted by molar-refractivity contribution is 9.10. The van der Waals surface area contributed by atoms with E-state index in [1.54, 1.807) is 0 Å². The molecule has 0 atom stereocenters. The smallest absolute Gasteiger partial charge is 0.322 e. The van der Waals surface area contributed by atoms with Crippen LogP contribution in [0.2, 0.25) is 0 Å². The van der Waals surface area contributed by atoms with E-state index in [0.717, 1.165) is 0 Å². The molecule has 0 bridgehead atoms. The molecule has 0 fully saturated rings. The van der Waals surface area contributed by atoms with Crippen LogP contribution < -0.4 is 11.1 Å². The van der Waals surface area contributed by atoms with Gasteiger partial charge in [-0.1, -0.05) is 15.9 Å². The van der Waals surface area contributed by atoms with Crippen molar-refractivity contribution in [1.82, 2.24) is 5.32 Å². The quantitative estimate of drug-likeness (QED) is 0.198. The lowest BCUT2D eigenvalue weighted by atomic mass is 10.1. The Bertz CT molecular complexity index is 618. The molecule has 0 radical (unpaired) electrons. The monoisotopic (exact) mass is 400 g/mol. The van der Waals surface area contributed by atoms with Gasteiger partial charge in [0.25, 0.3) is 5.91 Å². The van der Waals surface area contributed by atoms with E-state index in [4.69, 9.17) is 10.5 Å². The van der Waals surface area contributed by atoms with E-state index in [9.17, 15) is 27.2 Å². The Balaban J connectivity index is 2.76. The summed E-state index contributed by atoms with van der Waals surface area (Å²) in [5.74, 6) is -9.57. The van der Waals surface area contributed by atoms with Crippen LogP contribution in [0.15, 0.2) is 0 Å². The van der Waals surface area contributed by atoms with Crippen LogP contribution in [0.1, 0.15) is 24.2 Å². The van der Waals surface area contributed by atoms with E-state index in [0.29, 0.717) is 0 Å². The summed E-state index contributed by atoms with van der Waals surface area (Å²) in [4.78, 5) is 23.0. The average Bonchev–Trinajstić information content (AvgIpc) is 2.46. The predicted molar refractivity (Wildman–Crippen MR) is 77.0 cm³/mol. The van der Waals surface area contributed by atoms with Crippen LogP contribution in [-0.2, 0) is 9.53 Å². The molecule has 0 aliphatic heterocycles. The average molecular weight is 401 g/mol. The number of nitrogen functional groups attached to an aromatic ring is 1. The number of anilines is 1. The van der Waals surface area contributed by atoms with Crippen LogP contribution in [0.5, 0.6) is 0 Å². The molecule has 0 aromatic heterocycles. The molecule has 1 rings (SSSR count). The second kappa shape index (κ2) is 7.16. The fraction of sp³-hybridized carbons (Fsp3) is 0.385. The number of hydrogen-bond donors (Lipinski definition) is 2. The van der Waals surface area contributed by atoms with Crippen molar-refractivity contribution in [2.75, 3.05) is 18.9 Å². The van der Waals surface area contributed by atoms with Gasteiger partial charge in [0.2, 0.25) is 0 Å². The van der Waals surface area contributed by atoms with Crippen LogP contribution in [0, 0.1) is 23.3 Å². The van der Waals surface area contributed by atoms with Crippen molar-refractivity contribution in [3.63, 3.8) is 0 Å². The zero-order valence-electron chi connectivity index (χ0n) is 12.1. The molecule has 1 amide bonds. The standard InChI is InChI=1S/C13H13BrF4N2O3/c1-13(2,14)12(22)23-4-3-20-11(21)5-6(15)8(17)10(19)9(18)7(5)16/h3-4,19H2,1-2H3,(H,20,21). The molecule has 0 aliphatic carbocycles. The van der Waals surface area contributed by atoms with Gasteiger partial charge in [-0.2, -0.15) is 0 Å². The minimum atomic E-state index is -1.91. The summed E-state index contributed by atoms with van der Waals surface area (Å²) >= 11 is 3.05. The van der Waals surface area contributed by atoms with E-state index >= 15 is 0 Å². The van der Waals surface area contributed by atoms with Crippen molar-refractivity contribution in [2.24, 2.45) is 0 Å². The summed E-state index contributed by atoms with van der Waals surface area (Å²) in [6.07, 6.45) is 0. The second-order valence-corrected chi connectivity index (χ2v) is 6.89. The SMILES string of the molecule is CC(C)(Br)C(=O)OCCNC(=O)c1c(F)c(F)c(N)c(F)c1F. The Morgan fingerprint density at radius 2 is 1.61 bits per heavy atom. The maximum absolute atomic E-state index is 13.5. The first-order valence-corrected chi connectivity index (χ1v) is 7.03. The Labute approximate surface area is 137 Å². The number of ether oxygens (including phenoxy) is 1. The Morgan fingerprint density at radius 1 is 1.13 bits per heavy atom. The molecule has 23 heavy (non-hydrogen) atoms. The lowest BCUT2D eigenvalue weighted by Gasteiger charge is -2.15. The topological polar surface area (TPSA) is 81.4 Å². The van der Waals surface area contributed by atoms with Crippen LogP contribution >= 0.6 is 15.9 Å². The summed E-state index contributed by atoms with van der Waals surface area (Å²) in [5.41, 5.74) is 2.02. The van der Waals surface area contributed by atoms with Gasteiger partial charge < -0.3 is 15.8 Å². The number of carbonyl (C=O) groups excluding carboxylic acids is 2. The van der Waals surface area contributed by atoms with Gasteiger partial charge in [-0.3, -0.25) is 9.59 Å². The highest BCUT2D eigenvalue weighted by atomic mass is 79.9. The minimum Gasteiger partial charge on any atom is -0.463 e. The van der Waals surface area contributed by atoms with Crippen LogP contribution in [0.4, 0.5) is 23.2 Å². The zero-order valence-corrected chi connectivity index (χ0v) is 13.7. The molecule has 0 unspecified atom stereocenters. The first-order chi connectivity index (χ1) is 10.5. The summed E-state index contributed by atoms with van der Waals surface area (Å²) in [7, 11) is 0. The molecule has 128 valence electrons. The van der Waals surface area contributed by atoms with Gasteiger partial charge in [-0.05, 0) is 13.8 Å². The number of amides is 1. The summed E-state index contributed by atoms with van der Waals surface area (Å²) in [6.45, 7) is 2.43. The molecule has 1 aromatic carbocycles. The summed E-state index contributed by atoms with van der Waals surface area (Å²) < 4.78 is 57.4. The van der Waals surface area contributed by atoms with E-state index in [-0.39, 0.29) is 13.2 Å². The third-order valence-electron chi connectivity index (χ3n) is 2.63. The highest BCUT2D eigenvalue weighted by Gasteiger charge is 2.28. The lowest BCUT2D eigenvalue weighted by Crippen LogP contribution is -2.33. The fourth-order valence-electron chi connectivity index (χ4n) is 1.42. The van der Waals surface area contributed by atoms with Crippen molar-refractivity contribution in [2.45, 2.75) is 18.2 Å². The molecule has 0 aliphatic rings. The summed E-state index contributed by atoms with van der Waals surface area (Å²) in [6, 6.07) is 0. The van der Waals surface area contributed by atoms with Gasteiger partial charge in [0, 0.05) is 0 Å². The summed E-state index contributed by atoms with van der Waals surface area (Å²) in [5, 5.41) is 1.98. The number of halogens is 5. The predicted octanol–water partition coefficient (Wildman–Crippen LogP) is 2.27. The van der Waals surface area contributed by atoms with E-state index in [2.05, 4.69) is 15.9 Å². The van der Waals surface area contributed by atoms with E-state index in [1.807, 2.05) is 5.32 Å². The van der Waals surface area contributed by atoms with Crippen molar-refractivity contribution < 1.29 is 31.9 Å². The van der Waals surface area contributed by atoms with Crippen molar-refractivity contribution >= 4 is 33.5 Å². The molecule has 0 spiro atoms. The maximum atomic E-state index is 13.5. The second-order valence-electron chi connectivity index (χ2n) is 4.91. The van der Waals surface area contributed by atoms with Crippen LogP contribution in [0.25, 0.3) is 0 Å². The molecule has 0 heterocycles. The third-order valence-corrected chi connectivity index (χ3v) is 2.95. The van der Waals surface area contributed by atoms with Crippen molar-refractivity contribution in [3.05, 3.63) is 28.8 Å². The molecule has 0 saturated heterocycles. The highest BCUT2D eigenvalue weighted by Crippen LogP contribution is 2.25. The molecular formula is C13H13BrF4N2O3. The number of esters is 1. The molecule has 1 aromatic rings. The number of nitrogens with one attached hydrogen (secondary N) is 1. The van der Waals surface area contributed by atoms with Crippen LogP contribution in [-0.4, -0.2) is 29.4 Å². The maximum Gasteiger partial charge on any atom is 0.322 e. The Hall–Kier alpha value is -1.84. The number of alkyl halides is 1. The number of hydrogen-bond acceptors (Lipinski definition) is 4. The first-order valence-electron chi connectivity index (χ1n) is 6.24. The Kier molecular flexibility index (Phi) is 5.98. The fourth-order valence-corrected chi connectivity index (χ4v) is 1.53. The Morgan fingerprint density at radius 3 is 2.04 bits per heavy atom. The molecule has 3 N–H and O–H groups in total. The largest absolute Gasteiger partial charge is 0.463 e. The zero-order chi connectivity index (χ0) is 17.9. The van der Waals surface area contributed by atoms with Gasteiger partial charge >= 0.3 is 5.97 Å². The van der Waals surface area contributed by atoms with Crippen molar-refractivity contribution in [3.8, 4) is 0 Å².